The van der Waals surface area contributed by atoms with Gasteiger partial charge in [-0.3, -0.25) is 0 Å². The summed E-state index contributed by atoms with van der Waals surface area (Å²) < 4.78 is 6.72. The van der Waals surface area contributed by atoms with Gasteiger partial charge in [0, 0.05) is 11.0 Å². The molecule has 0 bridgehead atoms. The molecule has 0 radical (unpaired) electrons. The molecule has 14 heavy (non-hydrogen) atoms. The first-order valence-corrected chi connectivity index (χ1v) is 5.61. The summed E-state index contributed by atoms with van der Waals surface area (Å²) in [4.78, 5) is 0. The Morgan fingerprint density at radius 1 is 1.50 bits per heavy atom. The lowest BCUT2D eigenvalue weighted by Gasteiger charge is -2.13. The van der Waals surface area contributed by atoms with E-state index < -0.39 is 0 Å². The Morgan fingerprint density at radius 2 is 2.29 bits per heavy atom. The SMILES string of the molecule is CCC(CN)OCc1cccc(Br)c1. The second kappa shape index (κ2) is 6.17. The topological polar surface area (TPSA) is 35.2 Å². The third kappa shape index (κ3) is 3.78. The lowest BCUT2D eigenvalue weighted by Crippen LogP contribution is -2.22. The highest BCUT2D eigenvalue weighted by molar-refractivity contribution is 9.10. The van der Waals surface area contributed by atoms with Gasteiger partial charge in [0.25, 0.3) is 0 Å². The summed E-state index contributed by atoms with van der Waals surface area (Å²) >= 11 is 3.42. The van der Waals surface area contributed by atoms with Crippen molar-refractivity contribution in [3.63, 3.8) is 0 Å². The first-order chi connectivity index (χ1) is 6.76. The van der Waals surface area contributed by atoms with E-state index in [-0.39, 0.29) is 6.10 Å². The summed E-state index contributed by atoms with van der Waals surface area (Å²) in [7, 11) is 0. The molecule has 0 aliphatic heterocycles. The Balaban J connectivity index is 2.44. The van der Waals surface area contributed by atoms with Crippen LogP contribution in [0.2, 0.25) is 0 Å². The molecule has 0 saturated carbocycles. The molecule has 3 heteroatoms. The standard InChI is InChI=1S/C11H16BrNO/c1-2-11(7-13)14-8-9-4-3-5-10(12)6-9/h3-6,11H,2,7-8,13H2,1H3. The van der Waals surface area contributed by atoms with E-state index in [4.69, 9.17) is 10.5 Å². The summed E-state index contributed by atoms with van der Waals surface area (Å²) in [5, 5.41) is 0. The predicted octanol–water partition coefficient (Wildman–Crippen LogP) is 2.70. The van der Waals surface area contributed by atoms with Gasteiger partial charge >= 0.3 is 0 Å². The number of hydrogen-bond acceptors (Lipinski definition) is 2. The van der Waals surface area contributed by atoms with E-state index in [1.54, 1.807) is 0 Å². The van der Waals surface area contributed by atoms with Crippen molar-refractivity contribution in [1.29, 1.82) is 0 Å². The van der Waals surface area contributed by atoms with Crippen molar-refractivity contribution in [2.45, 2.75) is 26.1 Å². The molecule has 1 rings (SSSR count). The molecule has 0 spiro atoms. The van der Waals surface area contributed by atoms with Crippen molar-refractivity contribution in [2.75, 3.05) is 6.54 Å². The molecule has 0 aliphatic rings. The van der Waals surface area contributed by atoms with Crippen LogP contribution in [0.3, 0.4) is 0 Å². The highest BCUT2D eigenvalue weighted by atomic mass is 79.9. The van der Waals surface area contributed by atoms with Crippen molar-refractivity contribution in [1.82, 2.24) is 0 Å². The maximum absolute atomic E-state index is 5.64. The van der Waals surface area contributed by atoms with Crippen LogP contribution in [0.1, 0.15) is 18.9 Å². The van der Waals surface area contributed by atoms with E-state index in [0.717, 1.165) is 10.9 Å². The number of nitrogens with two attached hydrogens (primary N) is 1. The van der Waals surface area contributed by atoms with Gasteiger partial charge in [0.1, 0.15) is 0 Å². The van der Waals surface area contributed by atoms with Crippen LogP contribution in [0.15, 0.2) is 28.7 Å². The fourth-order valence-corrected chi connectivity index (χ4v) is 1.64. The number of benzene rings is 1. The van der Waals surface area contributed by atoms with Crippen LogP contribution in [0.25, 0.3) is 0 Å². The van der Waals surface area contributed by atoms with E-state index in [1.165, 1.54) is 5.56 Å². The molecule has 1 aromatic carbocycles. The van der Waals surface area contributed by atoms with Crippen molar-refractivity contribution in [2.24, 2.45) is 5.73 Å². The van der Waals surface area contributed by atoms with Crippen molar-refractivity contribution in [3.05, 3.63) is 34.3 Å². The fourth-order valence-electron chi connectivity index (χ4n) is 1.19. The third-order valence-corrected chi connectivity index (χ3v) is 2.59. The van der Waals surface area contributed by atoms with E-state index in [0.29, 0.717) is 13.2 Å². The highest BCUT2D eigenvalue weighted by Gasteiger charge is 2.03. The van der Waals surface area contributed by atoms with Crippen LogP contribution >= 0.6 is 15.9 Å². The van der Waals surface area contributed by atoms with Crippen molar-refractivity contribution < 1.29 is 4.74 Å². The molecule has 0 aromatic heterocycles. The molecule has 1 aromatic rings. The van der Waals surface area contributed by atoms with Crippen LogP contribution in [0.4, 0.5) is 0 Å². The molecule has 0 heterocycles. The smallest absolute Gasteiger partial charge is 0.0721 e. The van der Waals surface area contributed by atoms with Gasteiger partial charge in [0.15, 0.2) is 0 Å². The molecule has 78 valence electrons. The van der Waals surface area contributed by atoms with Crippen LogP contribution in [0, 0.1) is 0 Å². The van der Waals surface area contributed by atoms with Gasteiger partial charge in [0.05, 0.1) is 12.7 Å². The summed E-state index contributed by atoms with van der Waals surface area (Å²) in [5.41, 5.74) is 6.72. The molecule has 0 aliphatic carbocycles. The Kier molecular flexibility index (Phi) is 5.15. The van der Waals surface area contributed by atoms with E-state index in [1.807, 2.05) is 18.2 Å². The number of halogens is 1. The van der Waals surface area contributed by atoms with Crippen LogP contribution in [0.5, 0.6) is 0 Å². The largest absolute Gasteiger partial charge is 0.372 e. The van der Waals surface area contributed by atoms with E-state index in [2.05, 4.69) is 28.9 Å². The van der Waals surface area contributed by atoms with Gasteiger partial charge in [-0.2, -0.15) is 0 Å². The van der Waals surface area contributed by atoms with E-state index in [9.17, 15) is 0 Å². The lowest BCUT2D eigenvalue weighted by molar-refractivity contribution is 0.0441. The Hall–Kier alpha value is -0.380. The molecular formula is C11H16BrNO. The second-order valence-corrected chi connectivity index (χ2v) is 4.12. The number of rotatable bonds is 5. The zero-order chi connectivity index (χ0) is 10.4. The molecule has 0 fully saturated rings. The molecule has 1 unspecified atom stereocenters. The minimum atomic E-state index is 0.175. The second-order valence-electron chi connectivity index (χ2n) is 3.21. The van der Waals surface area contributed by atoms with Gasteiger partial charge in [-0.1, -0.05) is 35.0 Å². The highest BCUT2D eigenvalue weighted by Crippen LogP contribution is 2.13. The average Bonchev–Trinajstić information content (AvgIpc) is 2.19. The summed E-state index contributed by atoms with van der Waals surface area (Å²) in [6, 6.07) is 8.12. The maximum Gasteiger partial charge on any atom is 0.0721 e. The molecular weight excluding hydrogens is 242 g/mol. The average molecular weight is 258 g/mol. The Bertz CT molecular complexity index is 274. The maximum atomic E-state index is 5.64. The Labute approximate surface area is 93.6 Å². The number of hydrogen-bond donors (Lipinski definition) is 1. The minimum Gasteiger partial charge on any atom is -0.372 e. The molecule has 2 N–H and O–H groups in total. The summed E-state index contributed by atoms with van der Waals surface area (Å²) in [6.07, 6.45) is 1.14. The Morgan fingerprint density at radius 3 is 2.86 bits per heavy atom. The van der Waals surface area contributed by atoms with Crippen LogP contribution in [-0.2, 0) is 11.3 Å². The quantitative estimate of drug-likeness (QED) is 0.881. The normalized spacial score (nSPS) is 12.8. The van der Waals surface area contributed by atoms with Crippen LogP contribution < -0.4 is 5.73 Å². The molecule has 2 nitrogen and oxygen atoms in total. The third-order valence-electron chi connectivity index (χ3n) is 2.09. The fraction of sp³-hybridized carbons (Fsp3) is 0.455. The zero-order valence-corrected chi connectivity index (χ0v) is 9.96. The van der Waals surface area contributed by atoms with Gasteiger partial charge < -0.3 is 10.5 Å². The van der Waals surface area contributed by atoms with E-state index >= 15 is 0 Å². The lowest BCUT2D eigenvalue weighted by atomic mass is 10.2. The molecule has 1 atom stereocenters. The van der Waals surface area contributed by atoms with Gasteiger partial charge in [-0.25, -0.2) is 0 Å². The van der Waals surface area contributed by atoms with Crippen molar-refractivity contribution >= 4 is 15.9 Å². The minimum absolute atomic E-state index is 0.175. The van der Waals surface area contributed by atoms with Crippen molar-refractivity contribution in [3.8, 4) is 0 Å². The van der Waals surface area contributed by atoms with Crippen LogP contribution in [-0.4, -0.2) is 12.6 Å². The molecule has 0 saturated heterocycles. The number of ether oxygens (including phenoxy) is 1. The van der Waals surface area contributed by atoms with Gasteiger partial charge in [-0.15, -0.1) is 0 Å². The predicted molar refractivity (Wildman–Crippen MR) is 62.1 cm³/mol. The first-order valence-electron chi connectivity index (χ1n) is 4.82. The summed E-state index contributed by atoms with van der Waals surface area (Å²) in [6.45, 7) is 3.30. The zero-order valence-electron chi connectivity index (χ0n) is 8.37. The first kappa shape index (κ1) is 11.7. The van der Waals surface area contributed by atoms with Gasteiger partial charge in [-0.05, 0) is 24.1 Å². The monoisotopic (exact) mass is 257 g/mol. The molecule has 0 amide bonds. The summed E-state index contributed by atoms with van der Waals surface area (Å²) in [5.74, 6) is 0. The van der Waals surface area contributed by atoms with Gasteiger partial charge in [0.2, 0.25) is 0 Å².